The number of pyridine rings is 1. The summed E-state index contributed by atoms with van der Waals surface area (Å²) in [6.07, 6.45) is 3.45. The molecule has 1 aromatic heterocycles. The fraction of sp³-hybridized carbons (Fsp3) is 0.174. The van der Waals surface area contributed by atoms with Crippen molar-refractivity contribution in [3.05, 3.63) is 95.6 Å². The van der Waals surface area contributed by atoms with Gasteiger partial charge in [0.25, 0.3) is 5.91 Å². The van der Waals surface area contributed by atoms with E-state index in [1.807, 2.05) is 12.1 Å². The molecule has 0 saturated heterocycles. The van der Waals surface area contributed by atoms with Crippen molar-refractivity contribution in [3.63, 3.8) is 0 Å². The van der Waals surface area contributed by atoms with Crippen LogP contribution in [-0.2, 0) is 22.8 Å². The molecule has 7 nitrogen and oxygen atoms in total. The van der Waals surface area contributed by atoms with Crippen LogP contribution in [0.2, 0.25) is 0 Å². The van der Waals surface area contributed by atoms with Crippen LogP contribution in [0.1, 0.15) is 16.7 Å². The van der Waals surface area contributed by atoms with Gasteiger partial charge in [0.15, 0.2) is 12.4 Å². The van der Waals surface area contributed by atoms with Crippen molar-refractivity contribution in [2.75, 3.05) is 13.7 Å². The van der Waals surface area contributed by atoms with Gasteiger partial charge in [-0.1, -0.05) is 23.4 Å². The number of halogens is 1. The van der Waals surface area contributed by atoms with E-state index in [2.05, 4.69) is 10.1 Å². The molecule has 0 aliphatic carbocycles. The SMILES string of the molecule is CN(Cc1cccc(F)c1)C(=O)CO/N=C(/N)c1ccc(OCc2cccnc2)cc1. The van der Waals surface area contributed by atoms with Crippen LogP contribution in [0.3, 0.4) is 0 Å². The van der Waals surface area contributed by atoms with Crippen molar-refractivity contribution in [2.24, 2.45) is 10.9 Å². The molecule has 1 amide bonds. The van der Waals surface area contributed by atoms with Crippen molar-refractivity contribution >= 4 is 11.7 Å². The fourth-order valence-electron chi connectivity index (χ4n) is 2.69. The third-order valence-corrected chi connectivity index (χ3v) is 4.36. The summed E-state index contributed by atoms with van der Waals surface area (Å²) in [7, 11) is 1.61. The molecule has 0 atom stereocenters. The Labute approximate surface area is 179 Å². The summed E-state index contributed by atoms with van der Waals surface area (Å²) in [5.41, 5.74) is 8.21. The number of rotatable bonds is 9. The van der Waals surface area contributed by atoms with E-state index in [1.54, 1.807) is 55.8 Å². The molecule has 0 saturated carbocycles. The number of nitrogens with zero attached hydrogens (tertiary/aromatic N) is 3. The molecule has 0 spiro atoms. The Bertz CT molecular complexity index is 1030. The van der Waals surface area contributed by atoms with Gasteiger partial charge in [0, 0.05) is 37.1 Å². The quantitative estimate of drug-likeness (QED) is 0.325. The Morgan fingerprint density at radius 2 is 1.90 bits per heavy atom. The number of benzene rings is 2. The lowest BCUT2D eigenvalue weighted by Gasteiger charge is -2.16. The smallest absolute Gasteiger partial charge is 0.263 e. The molecule has 0 unspecified atom stereocenters. The topological polar surface area (TPSA) is 90.0 Å². The van der Waals surface area contributed by atoms with Gasteiger partial charge in [-0.25, -0.2) is 4.39 Å². The first-order valence-electron chi connectivity index (χ1n) is 9.57. The molecule has 0 bridgehead atoms. The Morgan fingerprint density at radius 3 is 2.61 bits per heavy atom. The number of carbonyl (C=O) groups excluding carboxylic acids is 1. The summed E-state index contributed by atoms with van der Waals surface area (Å²) in [5, 5.41) is 3.80. The normalized spacial score (nSPS) is 11.1. The minimum absolute atomic E-state index is 0.138. The monoisotopic (exact) mass is 422 g/mol. The summed E-state index contributed by atoms with van der Waals surface area (Å²) in [4.78, 5) is 22.7. The second kappa shape index (κ2) is 10.7. The van der Waals surface area contributed by atoms with E-state index in [4.69, 9.17) is 15.3 Å². The van der Waals surface area contributed by atoms with E-state index in [0.29, 0.717) is 23.5 Å². The maximum Gasteiger partial charge on any atom is 0.263 e. The molecule has 2 aromatic carbocycles. The standard InChI is InChI=1S/C23H23FN4O3/c1-28(14-17-4-2-6-20(24)12-17)22(29)16-31-27-23(25)19-7-9-21(10-8-19)30-15-18-5-3-11-26-13-18/h2-13H,14-16H2,1H3,(H2,25,27). The molecule has 0 radical (unpaired) electrons. The van der Waals surface area contributed by atoms with Crippen LogP contribution in [0.15, 0.2) is 78.2 Å². The molecule has 8 heteroatoms. The highest BCUT2D eigenvalue weighted by molar-refractivity contribution is 5.97. The first kappa shape index (κ1) is 21.8. The molecule has 160 valence electrons. The molecule has 3 rings (SSSR count). The van der Waals surface area contributed by atoms with E-state index in [9.17, 15) is 9.18 Å². The number of ether oxygens (including phenoxy) is 1. The number of aromatic nitrogens is 1. The molecule has 3 aromatic rings. The summed E-state index contributed by atoms with van der Waals surface area (Å²) < 4.78 is 18.9. The second-order valence-corrected chi connectivity index (χ2v) is 6.80. The van der Waals surface area contributed by atoms with Crippen LogP contribution in [0.5, 0.6) is 5.75 Å². The first-order valence-corrected chi connectivity index (χ1v) is 9.57. The van der Waals surface area contributed by atoms with E-state index in [-0.39, 0.29) is 30.7 Å². The Morgan fingerprint density at radius 1 is 1.13 bits per heavy atom. The lowest BCUT2D eigenvalue weighted by molar-refractivity contribution is -0.135. The van der Waals surface area contributed by atoms with Crippen LogP contribution in [0.25, 0.3) is 0 Å². The average molecular weight is 422 g/mol. The van der Waals surface area contributed by atoms with Gasteiger partial charge < -0.3 is 20.2 Å². The Hall–Kier alpha value is -3.94. The van der Waals surface area contributed by atoms with Gasteiger partial charge >= 0.3 is 0 Å². The zero-order valence-corrected chi connectivity index (χ0v) is 17.1. The molecule has 0 aliphatic rings. The highest BCUT2D eigenvalue weighted by Gasteiger charge is 2.11. The van der Waals surface area contributed by atoms with E-state index >= 15 is 0 Å². The Kier molecular flexibility index (Phi) is 7.53. The number of nitrogens with two attached hydrogens (primary N) is 1. The van der Waals surface area contributed by atoms with Crippen molar-refractivity contribution < 1.29 is 18.8 Å². The van der Waals surface area contributed by atoms with Gasteiger partial charge in [-0.15, -0.1) is 0 Å². The zero-order chi connectivity index (χ0) is 22.1. The lowest BCUT2D eigenvalue weighted by atomic mass is 10.2. The summed E-state index contributed by atoms with van der Waals surface area (Å²) in [5.74, 6) is 0.162. The molecule has 31 heavy (non-hydrogen) atoms. The number of likely N-dealkylation sites (N-methyl/N-ethyl adjacent to an activating group) is 1. The van der Waals surface area contributed by atoms with Crippen molar-refractivity contribution in [1.29, 1.82) is 0 Å². The minimum atomic E-state index is -0.347. The maximum atomic E-state index is 13.2. The molecule has 1 heterocycles. The minimum Gasteiger partial charge on any atom is -0.489 e. The molecule has 2 N–H and O–H groups in total. The number of oxime groups is 1. The number of amidine groups is 1. The summed E-state index contributed by atoms with van der Waals surface area (Å²) in [6.45, 7) is 0.392. The number of hydrogen-bond donors (Lipinski definition) is 1. The third kappa shape index (κ3) is 6.81. The van der Waals surface area contributed by atoms with E-state index < -0.39 is 0 Å². The van der Waals surface area contributed by atoms with Crippen LogP contribution in [0, 0.1) is 5.82 Å². The van der Waals surface area contributed by atoms with Crippen molar-refractivity contribution in [3.8, 4) is 5.75 Å². The van der Waals surface area contributed by atoms with Crippen LogP contribution in [0.4, 0.5) is 4.39 Å². The van der Waals surface area contributed by atoms with E-state index in [1.165, 1.54) is 17.0 Å². The van der Waals surface area contributed by atoms with E-state index in [0.717, 1.165) is 5.56 Å². The van der Waals surface area contributed by atoms with Crippen molar-refractivity contribution in [2.45, 2.75) is 13.2 Å². The molecular formula is C23H23FN4O3. The van der Waals surface area contributed by atoms with Crippen molar-refractivity contribution in [1.82, 2.24) is 9.88 Å². The van der Waals surface area contributed by atoms with Gasteiger partial charge in [-0.3, -0.25) is 9.78 Å². The highest BCUT2D eigenvalue weighted by atomic mass is 19.1. The lowest BCUT2D eigenvalue weighted by Crippen LogP contribution is -2.29. The first-order chi connectivity index (χ1) is 15.0. The van der Waals surface area contributed by atoms with Gasteiger partial charge in [-0.05, 0) is 48.0 Å². The Balaban J connectivity index is 1.46. The fourth-order valence-corrected chi connectivity index (χ4v) is 2.69. The summed E-state index contributed by atoms with van der Waals surface area (Å²) in [6, 6.07) is 16.9. The summed E-state index contributed by atoms with van der Waals surface area (Å²) >= 11 is 0. The second-order valence-electron chi connectivity index (χ2n) is 6.80. The predicted octanol–water partition coefficient (Wildman–Crippen LogP) is 3.10. The van der Waals surface area contributed by atoms with Crippen LogP contribution >= 0.6 is 0 Å². The average Bonchev–Trinajstić information content (AvgIpc) is 2.78. The van der Waals surface area contributed by atoms with Crippen LogP contribution in [-0.4, -0.2) is 35.3 Å². The predicted molar refractivity (Wildman–Crippen MR) is 115 cm³/mol. The van der Waals surface area contributed by atoms with Gasteiger partial charge in [0.1, 0.15) is 18.2 Å². The highest BCUT2D eigenvalue weighted by Crippen LogP contribution is 2.14. The number of amides is 1. The number of carbonyl (C=O) groups is 1. The zero-order valence-electron chi connectivity index (χ0n) is 17.1. The van der Waals surface area contributed by atoms with Gasteiger partial charge in [-0.2, -0.15) is 0 Å². The van der Waals surface area contributed by atoms with Gasteiger partial charge in [0.2, 0.25) is 0 Å². The molecule has 0 fully saturated rings. The van der Waals surface area contributed by atoms with Crippen LogP contribution < -0.4 is 10.5 Å². The molecular weight excluding hydrogens is 399 g/mol. The maximum absolute atomic E-state index is 13.2. The third-order valence-electron chi connectivity index (χ3n) is 4.36. The largest absolute Gasteiger partial charge is 0.489 e. The molecule has 0 aliphatic heterocycles. The number of hydrogen-bond acceptors (Lipinski definition) is 5. The van der Waals surface area contributed by atoms with Gasteiger partial charge in [0.05, 0.1) is 0 Å².